The Morgan fingerprint density at radius 1 is 0.911 bits per heavy atom. The van der Waals surface area contributed by atoms with Gasteiger partial charge in [0.1, 0.15) is 5.75 Å². The van der Waals surface area contributed by atoms with E-state index < -0.39 is 5.92 Å². The lowest BCUT2D eigenvalue weighted by molar-refractivity contribution is -0.139. The number of ether oxygens (including phenoxy) is 1. The van der Waals surface area contributed by atoms with E-state index in [-0.39, 0.29) is 60.9 Å². The lowest BCUT2D eigenvalue weighted by Crippen LogP contribution is -2.54. The third-order valence-corrected chi connectivity index (χ3v) is 11.1. The van der Waals surface area contributed by atoms with Crippen molar-refractivity contribution in [1.29, 1.82) is 0 Å². The first kappa shape index (κ1) is 40.3. The van der Waals surface area contributed by atoms with Crippen LogP contribution in [0.2, 0.25) is 5.02 Å². The van der Waals surface area contributed by atoms with Crippen LogP contribution in [0.4, 0.5) is 5.69 Å². The summed E-state index contributed by atoms with van der Waals surface area (Å²) in [5.41, 5.74) is 4.01. The summed E-state index contributed by atoms with van der Waals surface area (Å²) in [5.74, 6) is -1.22. The Labute approximate surface area is 332 Å². The highest BCUT2D eigenvalue weighted by molar-refractivity contribution is 6.31. The molecule has 56 heavy (non-hydrogen) atoms. The summed E-state index contributed by atoms with van der Waals surface area (Å²) < 4.78 is 5.51. The number of halogens is 1. The number of hydrogen-bond acceptors (Lipinski definition) is 6. The van der Waals surface area contributed by atoms with Crippen molar-refractivity contribution in [3.05, 3.63) is 94.6 Å². The number of piperidine rings is 1. The van der Waals surface area contributed by atoms with Gasteiger partial charge in [0.05, 0.1) is 31.7 Å². The average Bonchev–Trinajstić information content (AvgIpc) is 3.77. The second-order valence-electron chi connectivity index (χ2n) is 15.0. The van der Waals surface area contributed by atoms with Crippen LogP contribution in [0.25, 0.3) is 10.9 Å². The quantitative estimate of drug-likeness (QED) is 0.150. The first-order valence-corrected chi connectivity index (χ1v) is 19.8. The van der Waals surface area contributed by atoms with Crippen molar-refractivity contribution in [3.8, 4) is 5.75 Å². The Bertz CT molecular complexity index is 2050. The number of fused-ring (bicyclic) bond motifs is 2. The van der Waals surface area contributed by atoms with Crippen molar-refractivity contribution >= 4 is 57.7 Å². The Kier molecular flexibility index (Phi) is 13.3. The molecule has 3 fully saturated rings. The van der Waals surface area contributed by atoms with Crippen LogP contribution in [-0.2, 0) is 32.0 Å². The van der Waals surface area contributed by atoms with Crippen LogP contribution in [-0.4, -0.2) is 91.2 Å². The number of likely N-dealkylation sites (tertiary alicyclic amines) is 2. The average molecular weight is 783 g/mol. The molecule has 12 nitrogen and oxygen atoms in total. The number of benzene rings is 3. The van der Waals surface area contributed by atoms with E-state index in [4.69, 9.17) is 16.3 Å². The fraction of sp³-hybridized carbons (Fsp3) is 0.419. The zero-order valence-electron chi connectivity index (χ0n) is 32.2. The fourth-order valence-corrected chi connectivity index (χ4v) is 7.89. The van der Waals surface area contributed by atoms with Crippen LogP contribution in [0.3, 0.4) is 0 Å². The van der Waals surface area contributed by atoms with Gasteiger partial charge in [-0.15, -0.1) is 0 Å². The van der Waals surface area contributed by atoms with Gasteiger partial charge in [-0.05, 0) is 78.5 Å². The molecule has 3 aromatic carbocycles. The summed E-state index contributed by atoms with van der Waals surface area (Å²) in [5, 5.41) is 9.60. The van der Waals surface area contributed by atoms with Gasteiger partial charge in [-0.1, -0.05) is 61.3 Å². The number of nitrogens with one attached hydrogen (secondary N) is 4. The molecular weight excluding hydrogens is 732 g/mol. The van der Waals surface area contributed by atoms with E-state index in [1.54, 1.807) is 40.3 Å². The van der Waals surface area contributed by atoms with Crippen molar-refractivity contribution < 1.29 is 28.7 Å². The fourth-order valence-electron chi connectivity index (χ4n) is 7.72. The van der Waals surface area contributed by atoms with Crippen molar-refractivity contribution in [2.24, 2.45) is 23.7 Å². The zero-order valence-corrected chi connectivity index (χ0v) is 33.0. The molecule has 3 heterocycles. The smallest absolute Gasteiger partial charge is 0.254 e. The van der Waals surface area contributed by atoms with Gasteiger partial charge in [0.2, 0.25) is 23.6 Å². The largest absolute Gasteiger partial charge is 0.495 e. The molecule has 0 spiro atoms. The summed E-state index contributed by atoms with van der Waals surface area (Å²) in [4.78, 5) is 71.8. The molecule has 1 aliphatic carbocycles. The summed E-state index contributed by atoms with van der Waals surface area (Å²) in [6.45, 7) is 3.29. The second kappa shape index (κ2) is 18.5. The van der Waals surface area contributed by atoms with Crippen molar-refractivity contribution in [1.82, 2.24) is 25.4 Å². The second-order valence-corrected chi connectivity index (χ2v) is 15.4. The number of aryl methyl sites for hydroxylation is 1. The summed E-state index contributed by atoms with van der Waals surface area (Å²) >= 11 is 6.13. The molecule has 3 aliphatic rings. The number of carbonyl (C=O) groups excluding carboxylic acids is 5. The molecule has 2 saturated heterocycles. The SMILES string of the molecule is CCCc1ccccc1.CNC(=O)CNC(=O)C1CN(C(=O)Cc2c[nH]c3cc(Cl)ccc23)CC2CN(C(=O)c3ccc(NC(=O)CC4CC4)c(OC)c3)CC21. The molecule has 0 bridgehead atoms. The van der Waals surface area contributed by atoms with Crippen LogP contribution in [0.1, 0.15) is 54.1 Å². The molecule has 4 N–H and O–H groups in total. The number of H-pyrrole nitrogens is 1. The maximum Gasteiger partial charge on any atom is 0.254 e. The third-order valence-electron chi connectivity index (χ3n) is 10.9. The van der Waals surface area contributed by atoms with Crippen LogP contribution in [0.5, 0.6) is 5.75 Å². The topological polar surface area (TPSA) is 153 Å². The van der Waals surface area contributed by atoms with Gasteiger partial charge in [0.15, 0.2) is 0 Å². The number of rotatable bonds is 12. The highest BCUT2D eigenvalue weighted by atomic mass is 35.5. The minimum atomic E-state index is -0.611. The van der Waals surface area contributed by atoms with E-state index in [1.807, 2.05) is 12.1 Å². The number of hydrogen-bond donors (Lipinski definition) is 4. The van der Waals surface area contributed by atoms with Crippen LogP contribution >= 0.6 is 11.6 Å². The lowest BCUT2D eigenvalue weighted by Gasteiger charge is -2.39. The van der Waals surface area contributed by atoms with E-state index in [1.165, 1.54) is 32.6 Å². The van der Waals surface area contributed by atoms with E-state index in [2.05, 4.69) is 58.2 Å². The van der Waals surface area contributed by atoms with Gasteiger partial charge in [0, 0.05) is 67.3 Å². The summed E-state index contributed by atoms with van der Waals surface area (Å²) in [6.07, 6.45) is 6.99. The third kappa shape index (κ3) is 10.1. The standard InChI is InChI=1S/C34H39ClN6O6.C9H12/c1-36-31(43)14-38-33(45)26-18-40(32(44)11-21-13-37-28-12-23(35)6-7-24(21)28)15-22-16-41(17-25(22)26)34(46)20-5-8-27(29(10-20)47-2)39-30(42)9-19-3-4-19;1-2-6-9-7-4-3-5-8-9/h5-8,10,12-13,19,22,25-26,37H,3-4,9,11,14-18H2,1-2H3,(H,36,43)(H,38,45)(H,39,42);3-5,7-8H,2,6H2,1H3. The van der Waals surface area contributed by atoms with Crippen LogP contribution in [0, 0.1) is 23.7 Å². The van der Waals surface area contributed by atoms with Gasteiger partial charge in [-0.2, -0.15) is 0 Å². The maximum absolute atomic E-state index is 13.8. The number of aromatic amines is 1. The number of amides is 5. The Hall–Kier alpha value is -5.36. The number of nitrogens with zero attached hydrogens (tertiary/aromatic N) is 2. The van der Waals surface area contributed by atoms with Crippen molar-refractivity contribution in [2.75, 3.05) is 52.2 Å². The first-order valence-electron chi connectivity index (χ1n) is 19.4. The highest BCUT2D eigenvalue weighted by Gasteiger charge is 2.48. The summed E-state index contributed by atoms with van der Waals surface area (Å²) in [6, 6.07) is 21.0. The molecule has 4 aromatic rings. The predicted molar refractivity (Wildman–Crippen MR) is 216 cm³/mol. The minimum absolute atomic E-state index is 0.0811. The Morgan fingerprint density at radius 2 is 1.68 bits per heavy atom. The maximum atomic E-state index is 13.8. The molecule has 2 aliphatic heterocycles. The van der Waals surface area contributed by atoms with Crippen molar-refractivity contribution in [2.45, 2.75) is 45.4 Å². The molecule has 1 aromatic heterocycles. The molecule has 5 amide bonds. The van der Waals surface area contributed by atoms with E-state index in [0.29, 0.717) is 54.0 Å². The molecule has 0 radical (unpaired) electrons. The minimum Gasteiger partial charge on any atom is -0.495 e. The normalized spacial score (nSPS) is 18.7. The van der Waals surface area contributed by atoms with E-state index in [9.17, 15) is 24.0 Å². The Morgan fingerprint density at radius 3 is 2.39 bits per heavy atom. The van der Waals surface area contributed by atoms with Gasteiger partial charge in [-0.3, -0.25) is 24.0 Å². The first-order chi connectivity index (χ1) is 27.1. The molecule has 3 atom stereocenters. The van der Waals surface area contributed by atoms with Crippen molar-refractivity contribution in [3.63, 3.8) is 0 Å². The number of likely N-dealkylation sites (N-methyl/N-ethyl adjacent to an activating group) is 1. The van der Waals surface area contributed by atoms with Gasteiger partial charge < -0.3 is 35.5 Å². The van der Waals surface area contributed by atoms with Gasteiger partial charge in [0.25, 0.3) is 5.91 Å². The number of carbonyl (C=O) groups is 5. The molecule has 3 unspecified atom stereocenters. The molecular formula is C43H51ClN6O6. The Balaban J connectivity index is 0.000000520. The number of anilines is 1. The van der Waals surface area contributed by atoms with E-state index >= 15 is 0 Å². The molecule has 13 heteroatoms. The van der Waals surface area contributed by atoms with Crippen LogP contribution in [0.15, 0.2) is 72.9 Å². The molecule has 7 rings (SSSR count). The zero-order chi connectivity index (χ0) is 39.8. The summed E-state index contributed by atoms with van der Waals surface area (Å²) in [7, 11) is 2.98. The number of methoxy groups -OCH3 is 1. The molecule has 296 valence electrons. The van der Waals surface area contributed by atoms with Gasteiger partial charge >= 0.3 is 0 Å². The number of aromatic nitrogens is 1. The predicted octanol–water partition coefficient (Wildman–Crippen LogP) is 5.46. The highest BCUT2D eigenvalue weighted by Crippen LogP contribution is 2.38. The monoisotopic (exact) mass is 782 g/mol. The van der Waals surface area contributed by atoms with Gasteiger partial charge in [-0.25, -0.2) is 0 Å². The molecule has 1 saturated carbocycles. The van der Waals surface area contributed by atoms with E-state index in [0.717, 1.165) is 29.3 Å². The van der Waals surface area contributed by atoms with Crippen LogP contribution < -0.4 is 20.7 Å². The lowest BCUT2D eigenvalue weighted by atomic mass is 9.79.